The van der Waals surface area contributed by atoms with Crippen molar-refractivity contribution in [2.45, 2.75) is 6.55 Å². The summed E-state index contributed by atoms with van der Waals surface area (Å²) in [6.07, 6.45) is 0. The molecule has 0 saturated carbocycles. The molecule has 2 rings (SSSR count). The number of fused-ring (bicyclic) bond motifs is 1. The van der Waals surface area contributed by atoms with E-state index in [0.717, 1.165) is 0 Å². The van der Waals surface area contributed by atoms with Gasteiger partial charge in [-0.05, 0) is 30.1 Å². The normalized spacial score (nSPS) is 13.3. The third kappa shape index (κ3) is 1.96. The van der Waals surface area contributed by atoms with Gasteiger partial charge in [0.25, 0.3) is 0 Å². The number of nitrogens with zero attached hydrogens (tertiary/aromatic N) is 1. The van der Waals surface area contributed by atoms with Crippen LogP contribution in [0.4, 0.5) is 0 Å². The highest BCUT2D eigenvalue weighted by Gasteiger charge is 2.12. The molecular weight excluding hydrogens is 198 g/mol. The Balaban J connectivity index is 2.60. The Morgan fingerprint density at radius 3 is 2.33 bits per heavy atom. The molecule has 0 aromatic heterocycles. The van der Waals surface area contributed by atoms with Crippen LogP contribution >= 0.6 is 0 Å². The predicted octanol–water partition coefficient (Wildman–Crippen LogP) is 1.96. The van der Waals surface area contributed by atoms with E-state index in [1.807, 2.05) is 0 Å². The van der Waals surface area contributed by atoms with E-state index in [4.69, 9.17) is 0 Å². The van der Waals surface area contributed by atoms with Gasteiger partial charge in [-0.25, -0.2) is 0 Å². The second-order valence-electron chi connectivity index (χ2n) is 4.21. The minimum absolute atomic E-state index is 0.951. The molecule has 0 bridgehead atoms. The van der Waals surface area contributed by atoms with Crippen LogP contribution in [0, 0.1) is 0 Å². The summed E-state index contributed by atoms with van der Waals surface area (Å²) in [6.45, 7) is 2.38. The molecule has 0 amide bonds. The lowest BCUT2D eigenvalue weighted by Crippen LogP contribution is -2.41. The molecule has 0 N–H and O–H groups in total. The monoisotopic (exact) mass is 215 g/mol. The van der Waals surface area contributed by atoms with Gasteiger partial charge >= 0.3 is 0 Å². The van der Waals surface area contributed by atoms with Crippen molar-refractivity contribution in [3.63, 3.8) is 0 Å². The summed E-state index contributed by atoms with van der Waals surface area (Å²) in [5.41, 5.74) is 0. The summed E-state index contributed by atoms with van der Waals surface area (Å²) in [5.74, 6) is 0. The maximum atomic E-state index is 2.38. The molecule has 0 aliphatic carbocycles. The minimum atomic E-state index is -0.951. The molecule has 1 unspecified atom stereocenters. The summed E-state index contributed by atoms with van der Waals surface area (Å²) in [5, 5.41) is 4.32. The molecule has 0 saturated heterocycles. The average molecular weight is 215 g/mol. The first-order valence-electron chi connectivity index (χ1n) is 5.34. The molecule has 1 atom stereocenters. The SMILES string of the molecule is CN(C)[SiH](C)c1cccc2ccccc12. The third-order valence-electron chi connectivity index (χ3n) is 3.05. The van der Waals surface area contributed by atoms with Crippen molar-refractivity contribution in [3.8, 4) is 0 Å². The first-order valence-corrected chi connectivity index (χ1v) is 7.59. The molecule has 2 aromatic rings. The second-order valence-corrected chi connectivity index (χ2v) is 7.21. The minimum Gasteiger partial charge on any atom is -0.328 e. The van der Waals surface area contributed by atoms with Crippen molar-refractivity contribution in [2.24, 2.45) is 0 Å². The number of rotatable bonds is 2. The highest BCUT2D eigenvalue weighted by molar-refractivity contribution is 6.71. The van der Waals surface area contributed by atoms with Gasteiger partial charge in [-0.3, -0.25) is 0 Å². The van der Waals surface area contributed by atoms with E-state index in [2.05, 4.69) is 67.7 Å². The van der Waals surface area contributed by atoms with Crippen LogP contribution in [-0.2, 0) is 0 Å². The number of hydrogen-bond donors (Lipinski definition) is 0. The van der Waals surface area contributed by atoms with Crippen LogP contribution in [0.15, 0.2) is 42.5 Å². The lowest BCUT2D eigenvalue weighted by Gasteiger charge is -2.20. The van der Waals surface area contributed by atoms with Crippen molar-refractivity contribution in [1.82, 2.24) is 4.57 Å². The topological polar surface area (TPSA) is 3.24 Å². The molecule has 2 heteroatoms. The fourth-order valence-corrected chi connectivity index (χ4v) is 3.55. The number of benzene rings is 2. The molecule has 0 spiro atoms. The molecule has 15 heavy (non-hydrogen) atoms. The van der Waals surface area contributed by atoms with Gasteiger partial charge in [0.05, 0.1) is 0 Å². The van der Waals surface area contributed by atoms with Crippen LogP contribution in [0.3, 0.4) is 0 Å². The summed E-state index contributed by atoms with van der Waals surface area (Å²) in [4.78, 5) is 0. The van der Waals surface area contributed by atoms with E-state index in [-0.39, 0.29) is 0 Å². The molecule has 1 nitrogen and oxygen atoms in total. The standard InChI is InChI=1S/C13H17NSi/c1-14(2)15(3)13-10-6-8-11-7-4-5-9-12(11)13/h4-10,15H,1-3H3. The summed E-state index contributed by atoms with van der Waals surface area (Å²) >= 11 is 0. The van der Waals surface area contributed by atoms with Gasteiger partial charge in [-0.2, -0.15) is 0 Å². The van der Waals surface area contributed by atoms with Crippen molar-refractivity contribution in [3.05, 3.63) is 42.5 Å². The first-order chi connectivity index (χ1) is 7.20. The maximum absolute atomic E-state index is 2.38. The fourth-order valence-electron chi connectivity index (χ4n) is 1.89. The highest BCUT2D eigenvalue weighted by Crippen LogP contribution is 2.11. The Morgan fingerprint density at radius 2 is 1.60 bits per heavy atom. The molecule has 0 fully saturated rings. The zero-order valence-electron chi connectivity index (χ0n) is 9.57. The van der Waals surface area contributed by atoms with E-state index in [1.54, 1.807) is 0 Å². The third-order valence-corrected chi connectivity index (χ3v) is 6.00. The fraction of sp³-hybridized carbons (Fsp3) is 0.231. The van der Waals surface area contributed by atoms with Gasteiger partial charge in [-0.15, -0.1) is 0 Å². The maximum Gasteiger partial charge on any atom is 0.141 e. The highest BCUT2D eigenvalue weighted by atomic mass is 28.3. The number of hydrogen-bond acceptors (Lipinski definition) is 1. The summed E-state index contributed by atoms with van der Waals surface area (Å²) < 4.78 is 2.38. The van der Waals surface area contributed by atoms with Gasteiger partial charge < -0.3 is 4.57 Å². The van der Waals surface area contributed by atoms with Crippen molar-refractivity contribution in [1.29, 1.82) is 0 Å². The first kappa shape index (κ1) is 10.4. The Hall–Kier alpha value is -1.12. The van der Waals surface area contributed by atoms with Crippen molar-refractivity contribution in [2.75, 3.05) is 14.1 Å². The van der Waals surface area contributed by atoms with E-state index < -0.39 is 8.96 Å². The average Bonchev–Trinajstić information content (AvgIpc) is 2.27. The van der Waals surface area contributed by atoms with Crippen molar-refractivity contribution < 1.29 is 0 Å². The largest absolute Gasteiger partial charge is 0.328 e. The van der Waals surface area contributed by atoms with Gasteiger partial charge in [0.1, 0.15) is 8.96 Å². The molecule has 78 valence electrons. The quantitative estimate of drug-likeness (QED) is 0.692. The van der Waals surface area contributed by atoms with E-state index >= 15 is 0 Å². The molecular formula is C13H17NSi. The lowest BCUT2D eigenvalue weighted by atomic mass is 10.1. The van der Waals surface area contributed by atoms with Crippen LogP contribution in [0.25, 0.3) is 10.8 Å². The second kappa shape index (κ2) is 4.17. The van der Waals surface area contributed by atoms with Crippen LogP contribution in [-0.4, -0.2) is 27.6 Å². The van der Waals surface area contributed by atoms with Crippen LogP contribution in [0.5, 0.6) is 0 Å². The van der Waals surface area contributed by atoms with Gasteiger partial charge in [-0.1, -0.05) is 49.0 Å². The summed E-state index contributed by atoms with van der Waals surface area (Å²) in [6, 6.07) is 15.3. The Bertz CT molecular complexity index is 460. The Kier molecular flexibility index (Phi) is 2.89. The van der Waals surface area contributed by atoms with Crippen molar-refractivity contribution >= 4 is 24.9 Å². The Labute approximate surface area is 93.0 Å². The lowest BCUT2D eigenvalue weighted by molar-refractivity contribution is 0.653. The molecule has 0 heterocycles. The molecule has 0 aliphatic rings. The van der Waals surface area contributed by atoms with E-state index in [0.29, 0.717) is 0 Å². The van der Waals surface area contributed by atoms with E-state index in [1.165, 1.54) is 16.0 Å². The predicted molar refractivity (Wildman–Crippen MR) is 70.3 cm³/mol. The van der Waals surface area contributed by atoms with Crippen LogP contribution in [0.2, 0.25) is 6.55 Å². The molecule has 2 aromatic carbocycles. The zero-order valence-corrected chi connectivity index (χ0v) is 10.7. The smallest absolute Gasteiger partial charge is 0.141 e. The molecule has 0 radical (unpaired) electrons. The van der Waals surface area contributed by atoms with Crippen LogP contribution in [0.1, 0.15) is 0 Å². The summed E-state index contributed by atoms with van der Waals surface area (Å²) in [7, 11) is 3.41. The van der Waals surface area contributed by atoms with Gasteiger partial charge in [0, 0.05) is 0 Å². The van der Waals surface area contributed by atoms with Crippen LogP contribution < -0.4 is 5.19 Å². The molecule has 0 aliphatic heterocycles. The van der Waals surface area contributed by atoms with Gasteiger partial charge in [0.15, 0.2) is 0 Å². The Morgan fingerprint density at radius 1 is 0.933 bits per heavy atom. The van der Waals surface area contributed by atoms with Gasteiger partial charge in [0.2, 0.25) is 0 Å². The van der Waals surface area contributed by atoms with E-state index in [9.17, 15) is 0 Å². The zero-order chi connectivity index (χ0) is 10.8.